The van der Waals surface area contributed by atoms with Crippen LogP contribution >= 0.6 is 11.6 Å². The van der Waals surface area contributed by atoms with Gasteiger partial charge in [-0.05, 0) is 37.0 Å². The molecular formula is C14H17ClN2O3. The van der Waals surface area contributed by atoms with E-state index in [2.05, 4.69) is 17.6 Å². The average molecular weight is 297 g/mol. The molecule has 1 saturated carbocycles. The molecule has 1 aromatic rings. The second-order valence-electron chi connectivity index (χ2n) is 5.20. The molecule has 0 aromatic heterocycles. The number of aromatic carboxylic acids is 1. The summed E-state index contributed by atoms with van der Waals surface area (Å²) in [5, 5.41) is 15.0. The Hall–Kier alpha value is -1.59. The Labute approximate surface area is 122 Å². The van der Waals surface area contributed by atoms with E-state index < -0.39 is 5.97 Å². The molecule has 0 spiro atoms. The molecule has 0 heterocycles. The van der Waals surface area contributed by atoms with E-state index in [0.29, 0.717) is 16.8 Å². The predicted molar refractivity (Wildman–Crippen MR) is 77.2 cm³/mol. The zero-order valence-corrected chi connectivity index (χ0v) is 11.9. The molecular weight excluding hydrogens is 280 g/mol. The van der Waals surface area contributed by atoms with Gasteiger partial charge >= 0.3 is 5.97 Å². The number of anilines is 1. The van der Waals surface area contributed by atoms with Crippen LogP contribution in [0.5, 0.6) is 0 Å². The average Bonchev–Trinajstić information content (AvgIpc) is 2.35. The number of amides is 1. The molecule has 1 aliphatic rings. The van der Waals surface area contributed by atoms with Crippen LogP contribution in [0.2, 0.25) is 5.02 Å². The summed E-state index contributed by atoms with van der Waals surface area (Å²) in [5.74, 6) is -0.565. The maximum atomic E-state index is 11.8. The molecule has 108 valence electrons. The molecule has 0 bridgehead atoms. The number of carboxylic acids is 1. The third-order valence-electron chi connectivity index (χ3n) is 3.41. The van der Waals surface area contributed by atoms with Crippen LogP contribution in [0.4, 0.5) is 5.69 Å². The minimum atomic E-state index is -1.06. The minimum Gasteiger partial charge on any atom is -0.478 e. The van der Waals surface area contributed by atoms with Crippen LogP contribution in [-0.4, -0.2) is 29.6 Å². The second-order valence-corrected chi connectivity index (χ2v) is 5.61. The lowest BCUT2D eigenvalue weighted by atomic mass is 9.82. The predicted octanol–water partition coefficient (Wildman–Crippen LogP) is 2.36. The fraction of sp³-hybridized carbons (Fsp3) is 0.429. The smallest absolute Gasteiger partial charge is 0.335 e. The first-order valence-electron chi connectivity index (χ1n) is 6.51. The maximum Gasteiger partial charge on any atom is 0.335 e. The Kier molecular flexibility index (Phi) is 4.62. The van der Waals surface area contributed by atoms with Crippen LogP contribution < -0.4 is 10.6 Å². The zero-order valence-electron chi connectivity index (χ0n) is 11.1. The number of rotatable bonds is 5. The summed E-state index contributed by atoms with van der Waals surface area (Å²) in [6, 6.07) is 4.61. The molecule has 3 N–H and O–H groups in total. The lowest BCUT2D eigenvalue weighted by Gasteiger charge is -2.33. The standard InChI is InChI=1S/C14H17ClN2O3/c1-8-4-10(5-8)16-7-13(18)17-12-6-9(14(19)20)2-3-11(12)15/h2-3,6,8,10,16H,4-5,7H2,1H3,(H,17,18)(H,19,20). The van der Waals surface area contributed by atoms with Crippen molar-refractivity contribution in [2.75, 3.05) is 11.9 Å². The summed E-state index contributed by atoms with van der Waals surface area (Å²) in [4.78, 5) is 22.7. The fourth-order valence-corrected chi connectivity index (χ4v) is 2.42. The fourth-order valence-electron chi connectivity index (χ4n) is 2.25. The summed E-state index contributed by atoms with van der Waals surface area (Å²) in [6.07, 6.45) is 2.17. The molecule has 0 aliphatic heterocycles. The minimum absolute atomic E-state index is 0.0884. The number of carboxylic acid groups (broad SMARTS) is 1. The highest BCUT2D eigenvalue weighted by atomic mass is 35.5. The highest BCUT2D eigenvalue weighted by Crippen LogP contribution is 2.26. The molecule has 0 unspecified atom stereocenters. The van der Waals surface area contributed by atoms with Gasteiger partial charge in [-0.25, -0.2) is 4.79 Å². The van der Waals surface area contributed by atoms with Crippen molar-refractivity contribution in [1.82, 2.24) is 5.32 Å². The largest absolute Gasteiger partial charge is 0.478 e. The van der Waals surface area contributed by atoms with Crippen LogP contribution in [0, 0.1) is 5.92 Å². The van der Waals surface area contributed by atoms with E-state index in [1.807, 2.05) is 0 Å². The van der Waals surface area contributed by atoms with Crippen LogP contribution in [0.3, 0.4) is 0 Å². The Balaban J connectivity index is 1.90. The molecule has 0 radical (unpaired) electrons. The monoisotopic (exact) mass is 296 g/mol. The van der Waals surface area contributed by atoms with E-state index in [9.17, 15) is 9.59 Å². The number of benzene rings is 1. The summed E-state index contributed by atoms with van der Waals surface area (Å²) in [5.41, 5.74) is 0.408. The molecule has 1 fully saturated rings. The highest BCUT2D eigenvalue weighted by molar-refractivity contribution is 6.33. The number of halogens is 1. The van der Waals surface area contributed by atoms with E-state index >= 15 is 0 Å². The molecule has 0 saturated heterocycles. The van der Waals surface area contributed by atoms with Crippen molar-refractivity contribution in [1.29, 1.82) is 0 Å². The van der Waals surface area contributed by atoms with E-state index in [-0.39, 0.29) is 18.0 Å². The van der Waals surface area contributed by atoms with Gasteiger partial charge in [0.25, 0.3) is 0 Å². The van der Waals surface area contributed by atoms with Crippen molar-refractivity contribution in [3.8, 4) is 0 Å². The number of nitrogens with one attached hydrogen (secondary N) is 2. The Morgan fingerprint density at radius 3 is 2.70 bits per heavy atom. The molecule has 20 heavy (non-hydrogen) atoms. The van der Waals surface area contributed by atoms with Gasteiger partial charge in [-0.1, -0.05) is 18.5 Å². The number of hydrogen-bond donors (Lipinski definition) is 3. The Bertz CT molecular complexity index is 527. The van der Waals surface area contributed by atoms with E-state index in [4.69, 9.17) is 16.7 Å². The SMILES string of the molecule is CC1CC(NCC(=O)Nc2cc(C(=O)O)ccc2Cl)C1. The number of hydrogen-bond acceptors (Lipinski definition) is 3. The normalized spacial score (nSPS) is 21.1. The highest BCUT2D eigenvalue weighted by Gasteiger charge is 2.25. The van der Waals surface area contributed by atoms with Gasteiger partial charge in [-0.15, -0.1) is 0 Å². The first-order chi connectivity index (χ1) is 9.45. The molecule has 0 atom stereocenters. The van der Waals surface area contributed by atoms with Crippen molar-refractivity contribution >= 4 is 29.2 Å². The maximum absolute atomic E-state index is 11.8. The number of carbonyl (C=O) groups excluding carboxylic acids is 1. The second kappa shape index (κ2) is 6.24. The molecule has 1 aliphatic carbocycles. The Morgan fingerprint density at radius 2 is 2.10 bits per heavy atom. The van der Waals surface area contributed by atoms with Crippen LogP contribution in [0.25, 0.3) is 0 Å². The number of carbonyl (C=O) groups is 2. The van der Waals surface area contributed by atoms with Gasteiger partial charge in [-0.3, -0.25) is 4.79 Å². The van der Waals surface area contributed by atoms with Crippen molar-refractivity contribution in [3.63, 3.8) is 0 Å². The van der Waals surface area contributed by atoms with Crippen molar-refractivity contribution in [2.45, 2.75) is 25.8 Å². The topological polar surface area (TPSA) is 78.4 Å². The van der Waals surface area contributed by atoms with E-state index in [0.717, 1.165) is 18.8 Å². The summed E-state index contributed by atoms with van der Waals surface area (Å²) in [6.45, 7) is 2.38. The Morgan fingerprint density at radius 1 is 1.40 bits per heavy atom. The van der Waals surface area contributed by atoms with Gasteiger partial charge in [0.05, 0.1) is 22.8 Å². The zero-order chi connectivity index (χ0) is 14.7. The van der Waals surface area contributed by atoms with E-state index in [1.165, 1.54) is 18.2 Å². The first kappa shape index (κ1) is 14.8. The molecule has 6 heteroatoms. The molecule has 2 rings (SSSR count). The lowest BCUT2D eigenvalue weighted by Crippen LogP contribution is -2.43. The van der Waals surface area contributed by atoms with Crippen molar-refractivity contribution < 1.29 is 14.7 Å². The van der Waals surface area contributed by atoms with Crippen molar-refractivity contribution in [3.05, 3.63) is 28.8 Å². The summed E-state index contributed by atoms with van der Waals surface area (Å²) in [7, 11) is 0. The first-order valence-corrected chi connectivity index (χ1v) is 6.89. The van der Waals surface area contributed by atoms with Crippen LogP contribution in [0.15, 0.2) is 18.2 Å². The quantitative estimate of drug-likeness (QED) is 0.779. The summed E-state index contributed by atoms with van der Waals surface area (Å²) >= 11 is 5.94. The van der Waals surface area contributed by atoms with Gasteiger partial charge in [0.15, 0.2) is 0 Å². The lowest BCUT2D eigenvalue weighted by molar-refractivity contribution is -0.115. The van der Waals surface area contributed by atoms with Gasteiger partial charge in [-0.2, -0.15) is 0 Å². The third-order valence-corrected chi connectivity index (χ3v) is 3.74. The van der Waals surface area contributed by atoms with Crippen LogP contribution in [0.1, 0.15) is 30.1 Å². The van der Waals surface area contributed by atoms with Gasteiger partial charge < -0.3 is 15.7 Å². The van der Waals surface area contributed by atoms with E-state index in [1.54, 1.807) is 0 Å². The summed E-state index contributed by atoms with van der Waals surface area (Å²) < 4.78 is 0. The molecule has 1 aromatic carbocycles. The van der Waals surface area contributed by atoms with Crippen LogP contribution in [-0.2, 0) is 4.79 Å². The van der Waals surface area contributed by atoms with Gasteiger partial charge in [0.2, 0.25) is 5.91 Å². The molecule has 5 nitrogen and oxygen atoms in total. The third kappa shape index (κ3) is 3.71. The molecule has 1 amide bonds. The van der Waals surface area contributed by atoms with Gasteiger partial charge in [0.1, 0.15) is 0 Å². The van der Waals surface area contributed by atoms with Gasteiger partial charge in [0, 0.05) is 6.04 Å². The van der Waals surface area contributed by atoms with Crippen molar-refractivity contribution in [2.24, 2.45) is 5.92 Å².